The van der Waals surface area contributed by atoms with E-state index in [4.69, 9.17) is 0 Å². The van der Waals surface area contributed by atoms with Gasteiger partial charge in [0.15, 0.2) is 0 Å². The predicted molar refractivity (Wildman–Crippen MR) is 159 cm³/mol. The molecular weight excluding hydrogens is 517 g/mol. The Bertz CT molecular complexity index is 1760. The first-order valence-electron chi connectivity index (χ1n) is 11.4. The van der Waals surface area contributed by atoms with E-state index in [2.05, 4.69) is 81.4 Å². The molecule has 0 unspecified atom stereocenters. The van der Waals surface area contributed by atoms with Crippen molar-refractivity contribution < 1.29 is 0 Å². The maximum absolute atomic E-state index is 10.8. The molecule has 8 rings (SSSR count). The lowest BCUT2D eigenvalue weighted by molar-refractivity contribution is 1.30. The Labute approximate surface area is 224 Å². The molecule has 0 radical (unpaired) electrons. The van der Waals surface area contributed by atoms with Crippen LogP contribution in [0.5, 0.6) is 0 Å². The molecule has 0 fully saturated rings. The summed E-state index contributed by atoms with van der Waals surface area (Å²) in [4.78, 5) is 28.4. The van der Waals surface area contributed by atoms with Gasteiger partial charge < -0.3 is 0 Å². The molecule has 6 aromatic rings. The monoisotopic (exact) mass is 536 g/mol. The largest absolute Gasteiger partial charge is 0.320 e. The third-order valence-electron chi connectivity index (χ3n) is 5.33. The summed E-state index contributed by atoms with van der Waals surface area (Å²) in [5.41, 5.74) is -0.724. The van der Waals surface area contributed by atoms with Gasteiger partial charge in [-0.3, -0.25) is 14.6 Å². The van der Waals surface area contributed by atoms with Crippen LogP contribution in [-0.2, 0) is 0 Å². The molecule has 37 heavy (non-hydrogen) atoms. The van der Waals surface area contributed by atoms with Gasteiger partial charge in [0.05, 0.1) is 5.69 Å². The molecule has 0 amide bonds. The fraction of sp³-hybridized carbons (Fsp3) is 0. The van der Waals surface area contributed by atoms with Gasteiger partial charge in [-0.2, -0.15) is 0 Å². The van der Waals surface area contributed by atoms with Crippen LogP contribution in [0.25, 0.3) is 41.0 Å². The van der Waals surface area contributed by atoms with Crippen molar-refractivity contribution in [2.75, 3.05) is 0 Å². The number of thiophene rings is 3. The van der Waals surface area contributed by atoms with E-state index in [0.717, 1.165) is 0 Å². The standard InChI is InChI=1S/C12H8S.C6H2N2O2.C6H4S2.C6H6/c1-3-7-11-9(5-1)10-6-2-4-8-12(10)13-11;9-5-4-3(1-2-7-4)8-6(5)10;1-3-7-6-2-4-8-5(1)6;1-2-4-6-5-3-1/h1-8H;1-2H;1-4H;1-6H. The summed E-state index contributed by atoms with van der Waals surface area (Å²) in [6, 6.07) is 35.0. The summed E-state index contributed by atoms with van der Waals surface area (Å²) in [5, 5.41) is 7.01. The maximum atomic E-state index is 10.8. The highest BCUT2D eigenvalue weighted by Gasteiger charge is 2.14. The summed E-state index contributed by atoms with van der Waals surface area (Å²) >= 11 is 5.47. The van der Waals surface area contributed by atoms with E-state index in [-0.39, 0.29) is 5.69 Å². The van der Waals surface area contributed by atoms with Gasteiger partial charge in [0, 0.05) is 35.8 Å². The van der Waals surface area contributed by atoms with E-state index in [9.17, 15) is 9.59 Å². The smallest absolute Gasteiger partial charge is 0.281 e. The summed E-state index contributed by atoms with van der Waals surface area (Å²) < 4.78 is 5.58. The molecular formula is C30H20N2O2S3. The minimum atomic E-state index is -0.710. The van der Waals surface area contributed by atoms with Gasteiger partial charge in [0.2, 0.25) is 0 Å². The van der Waals surface area contributed by atoms with Crippen LogP contribution in [0.3, 0.4) is 0 Å². The van der Waals surface area contributed by atoms with Gasteiger partial charge in [-0.1, -0.05) is 72.8 Å². The van der Waals surface area contributed by atoms with Crippen molar-refractivity contribution in [1.29, 1.82) is 0 Å². The second-order valence-corrected chi connectivity index (χ2v) is 10.7. The van der Waals surface area contributed by atoms with Crippen molar-refractivity contribution >= 4 is 63.6 Å². The molecule has 0 bridgehead atoms. The Morgan fingerprint density at radius 2 is 1.05 bits per heavy atom. The molecule has 5 heterocycles. The molecule has 0 N–H and O–H groups in total. The Kier molecular flexibility index (Phi) is 7.86. The lowest BCUT2D eigenvalue weighted by Gasteiger charge is -1.88. The fourth-order valence-corrected chi connectivity index (χ4v) is 6.54. The Hall–Kier alpha value is -4.04. The number of fused-ring (bicyclic) bond motifs is 5. The molecule has 0 saturated heterocycles. The minimum Gasteiger partial charge on any atom is -0.281 e. The van der Waals surface area contributed by atoms with Crippen LogP contribution in [-0.4, -0.2) is 9.97 Å². The van der Waals surface area contributed by atoms with Gasteiger partial charge in [-0.05, 0) is 41.1 Å². The van der Waals surface area contributed by atoms with Crippen molar-refractivity contribution in [2.45, 2.75) is 0 Å². The van der Waals surface area contributed by atoms with Crippen LogP contribution < -0.4 is 11.0 Å². The van der Waals surface area contributed by atoms with Crippen molar-refractivity contribution in [3.8, 4) is 11.4 Å². The highest BCUT2D eigenvalue weighted by Crippen LogP contribution is 2.32. The highest BCUT2D eigenvalue weighted by atomic mass is 32.1. The molecule has 180 valence electrons. The number of rotatable bonds is 0. The average Bonchev–Trinajstić information content (AvgIpc) is 3.76. The van der Waals surface area contributed by atoms with Crippen LogP contribution in [0.15, 0.2) is 130 Å². The lowest BCUT2D eigenvalue weighted by atomic mass is 10.2. The summed E-state index contributed by atoms with van der Waals surface area (Å²) in [6.45, 7) is 0. The van der Waals surface area contributed by atoms with Gasteiger partial charge in [0.25, 0.3) is 5.43 Å². The van der Waals surface area contributed by atoms with Crippen LogP contribution in [0, 0.1) is 0 Å². The quantitative estimate of drug-likeness (QED) is 0.185. The molecule has 0 aliphatic carbocycles. The summed E-state index contributed by atoms with van der Waals surface area (Å²) in [6.07, 6.45) is 1.46. The van der Waals surface area contributed by atoms with Crippen molar-refractivity contribution in [3.63, 3.8) is 0 Å². The Morgan fingerprint density at radius 3 is 1.57 bits per heavy atom. The first-order chi connectivity index (χ1) is 18.2. The van der Waals surface area contributed by atoms with Crippen molar-refractivity contribution in [2.24, 2.45) is 0 Å². The zero-order chi connectivity index (χ0) is 25.5. The van der Waals surface area contributed by atoms with Gasteiger partial charge >= 0.3 is 5.56 Å². The van der Waals surface area contributed by atoms with E-state index >= 15 is 0 Å². The maximum Gasteiger partial charge on any atom is 0.320 e. The second kappa shape index (κ2) is 11.8. The Morgan fingerprint density at radius 1 is 0.541 bits per heavy atom. The van der Waals surface area contributed by atoms with Crippen LogP contribution in [0.4, 0.5) is 0 Å². The first-order valence-corrected chi connectivity index (χ1v) is 14.0. The molecule has 2 aliphatic rings. The van der Waals surface area contributed by atoms with Crippen LogP contribution >= 0.6 is 34.0 Å². The fourth-order valence-electron chi connectivity index (χ4n) is 3.61. The molecule has 0 saturated carbocycles. The number of benzene rings is 3. The molecule has 0 atom stereocenters. The first kappa shape index (κ1) is 24.6. The molecule has 3 aromatic heterocycles. The number of nitrogens with zero attached hydrogens (tertiary/aromatic N) is 2. The lowest BCUT2D eigenvalue weighted by Crippen LogP contribution is -2.19. The summed E-state index contributed by atoms with van der Waals surface area (Å²) in [5.74, 6) is 0. The number of hydrogen-bond donors (Lipinski definition) is 0. The zero-order valence-electron chi connectivity index (χ0n) is 19.5. The van der Waals surface area contributed by atoms with Crippen molar-refractivity contribution in [3.05, 3.63) is 141 Å². The average molecular weight is 537 g/mol. The molecule has 7 heteroatoms. The van der Waals surface area contributed by atoms with E-state index in [1.165, 1.54) is 41.8 Å². The number of hydrogen-bond acceptors (Lipinski definition) is 7. The topological polar surface area (TPSA) is 59.9 Å². The van der Waals surface area contributed by atoms with Crippen LogP contribution in [0.2, 0.25) is 0 Å². The Balaban J connectivity index is 0.000000105. The van der Waals surface area contributed by atoms with E-state index in [0.29, 0.717) is 5.69 Å². The van der Waals surface area contributed by atoms with Crippen molar-refractivity contribution in [1.82, 2.24) is 9.97 Å². The predicted octanol–water partition coefficient (Wildman–Crippen LogP) is 7.88. The second-order valence-electron chi connectivity index (χ2n) is 7.74. The minimum absolute atomic E-state index is 0.185. The highest BCUT2D eigenvalue weighted by molar-refractivity contribution is 7.26. The molecule has 3 aromatic carbocycles. The van der Waals surface area contributed by atoms with Gasteiger partial charge in [-0.25, -0.2) is 4.98 Å². The molecule has 2 aliphatic heterocycles. The third-order valence-corrected chi connectivity index (χ3v) is 8.38. The van der Waals surface area contributed by atoms with Gasteiger partial charge in [-0.15, -0.1) is 34.0 Å². The normalized spacial score (nSPS) is 10.4. The van der Waals surface area contributed by atoms with E-state index in [1.807, 2.05) is 47.7 Å². The number of aromatic nitrogens is 2. The zero-order valence-corrected chi connectivity index (χ0v) is 21.9. The van der Waals surface area contributed by atoms with Gasteiger partial charge in [0.1, 0.15) is 5.69 Å². The molecule has 0 spiro atoms. The van der Waals surface area contributed by atoms with E-state index in [1.54, 1.807) is 22.7 Å². The summed E-state index contributed by atoms with van der Waals surface area (Å²) in [7, 11) is 0. The van der Waals surface area contributed by atoms with Crippen LogP contribution in [0.1, 0.15) is 0 Å². The molecule has 4 nitrogen and oxygen atoms in total. The third kappa shape index (κ3) is 5.86. The SMILES string of the molecule is O=c1nc2ccnc-2c1=O.c1cc2sccc2s1.c1ccc2c(c1)sc1ccccc12.c1ccccc1. The van der Waals surface area contributed by atoms with E-state index < -0.39 is 11.0 Å².